The summed E-state index contributed by atoms with van der Waals surface area (Å²) in [7, 11) is 0. The minimum Gasteiger partial charge on any atom is -0.321 e. The zero-order valence-electron chi connectivity index (χ0n) is 4.94. The summed E-state index contributed by atoms with van der Waals surface area (Å²) in [5.41, 5.74) is 2.42. The van der Waals surface area contributed by atoms with Gasteiger partial charge in [0, 0.05) is 6.20 Å². The third-order valence-corrected chi connectivity index (χ3v) is 1.56. The van der Waals surface area contributed by atoms with E-state index in [0.29, 0.717) is 0 Å². The quantitative estimate of drug-likeness (QED) is 0.413. The van der Waals surface area contributed by atoms with E-state index in [-0.39, 0.29) is 10.3 Å². The highest BCUT2D eigenvalue weighted by Gasteiger charge is 2.03. The first-order chi connectivity index (χ1) is 4.75. The third-order valence-electron chi connectivity index (χ3n) is 1.00. The van der Waals surface area contributed by atoms with Gasteiger partial charge >= 0.3 is 0 Å². The Kier molecular flexibility index (Phi) is 2.18. The fourth-order valence-corrected chi connectivity index (χ4v) is 0.861. The number of rotatable bonds is 1. The molecule has 0 radical (unpaired) electrons. The van der Waals surface area contributed by atoms with Gasteiger partial charge in [-0.25, -0.2) is 9.37 Å². The topological polar surface area (TPSA) is 50.9 Å². The second kappa shape index (κ2) is 2.94. The van der Waals surface area contributed by atoms with Gasteiger partial charge in [-0.3, -0.25) is 5.84 Å². The molecule has 0 bridgehead atoms. The molecule has 0 spiro atoms. The van der Waals surface area contributed by atoms with Crippen LogP contribution in [0.3, 0.4) is 0 Å². The lowest BCUT2D eigenvalue weighted by Crippen LogP contribution is -2.08. The first kappa shape index (κ1) is 7.43. The predicted octanol–water partition coefficient (Wildman–Crippen LogP) is 1.27. The van der Waals surface area contributed by atoms with Crippen LogP contribution in [0.1, 0.15) is 0 Å². The van der Waals surface area contributed by atoms with Crippen molar-refractivity contribution < 1.29 is 4.39 Å². The Morgan fingerprint density at radius 1 is 1.70 bits per heavy atom. The van der Waals surface area contributed by atoms with Crippen LogP contribution in [0.2, 0.25) is 0 Å². The Morgan fingerprint density at radius 2 is 2.40 bits per heavy atom. The minimum atomic E-state index is -0.481. The largest absolute Gasteiger partial charge is 0.321 e. The molecule has 0 aliphatic carbocycles. The van der Waals surface area contributed by atoms with Crippen molar-refractivity contribution in [2.75, 3.05) is 5.43 Å². The van der Waals surface area contributed by atoms with E-state index < -0.39 is 5.82 Å². The summed E-state index contributed by atoms with van der Waals surface area (Å²) in [4.78, 5) is 3.63. The monoisotopic (exact) mass is 205 g/mol. The van der Waals surface area contributed by atoms with Crippen molar-refractivity contribution in [2.24, 2.45) is 5.84 Å². The second-order valence-electron chi connectivity index (χ2n) is 1.61. The molecule has 1 aromatic rings. The lowest BCUT2D eigenvalue weighted by molar-refractivity contribution is 0.616. The number of hydrogen-bond acceptors (Lipinski definition) is 3. The number of aromatic nitrogens is 1. The molecule has 0 atom stereocenters. The Morgan fingerprint density at radius 3 is 2.90 bits per heavy atom. The van der Waals surface area contributed by atoms with Crippen LogP contribution in [-0.2, 0) is 0 Å². The maximum absolute atomic E-state index is 12.8. The summed E-state index contributed by atoms with van der Waals surface area (Å²) >= 11 is 2.91. The van der Waals surface area contributed by atoms with Crippen LogP contribution in [0.5, 0.6) is 0 Å². The van der Waals surface area contributed by atoms with Gasteiger partial charge in [0.15, 0.2) is 5.82 Å². The van der Waals surface area contributed by atoms with Crippen molar-refractivity contribution in [1.82, 2.24) is 4.98 Å². The normalized spacial score (nSPS) is 9.50. The molecule has 0 aliphatic heterocycles. The maximum atomic E-state index is 12.8. The summed E-state index contributed by atoms with van der Waals surface area (Å²) in [5.74, 6) is 4.50. The molecule has 54 valence electrons. The van der Waals surface area contributed by atoms with E-state index >= 15 is 0 Å². The van der Waals surface area contributed by atoms with Crippen molar-refractivity contribution >= 4 is 21.6 Å². The first-order valence-corrected chi connectivity index (χ1v) is 3.31. The molecule has 1 heterocycles. The van der Waals surface area contributed by atoms with E-state index in [1.165, 1.54) is 12.3 Å². The summed E-state index contributed by atoms with van der Waals surface area (Å²) in [6.07, 6.45) is 1.45. The lowest BCUT2D eigenvalue weighted by Gasteiger charge is -2.00. The number of halogens is 2. The fourth-order valence-electron chi connectivity index (χ4n) is 0.530. The predicted molar refractivity (Wildman–Crippen MR) is 39.7 cm³/mol. The molecule has 0 amide bonds. The van der Waals surface area contributed by atoms with Crippen LogP contribution in [0.4, 0.5) is 10.1 Å². The molecule has 0 aliphatic rings. The smallest absolute Gasteiger partial charge is 0.180 e. The van der Waals surface area contributed by atoms with Gasteiger partial charge in [-0.1, -0.05) is 0 Å². The zero-order chi connectivity index (χ0) is 7.56. The van der Waals surface area contributed by atoms with Crippen LogP contribution in [-0.4, -0.2) is 4.98 Å². The molecular weight excluding hydrogens is 201 g/mol. The van der Waals surface area contributed by atoms with Gasteiger partial charge in [-0.15, -0.1) is 0 Å². The Balaban J connectivity index is 3.14. The van der Waals surface area contributed by atoms with Crippen LogP contribution in [0, 0.1) is 5.82 Å². The lowest BCUT2D eigenvalue weighted by atomic mass is 10.4. The molecule has 1 rings (SSSR count). The van der Waals surface area contributed by atoms with E-state index in [9.17, 15) is 4.39 Å². The average Bonchev–Trinajstić information content (AvgIpc) is 1.95. The van der Waals surface area contributed by atoms with Crippen molar-refractivity contribution in [1.29, 1.82) is 0 Å². The number of pyridine rings is 1. The number of nitrogens with one attached hydrogen (secondary N) is 1. The molecule has 3 N–H and O–H groups in total. The highest BCUT2D eigenvalue weighted by atomic mass is 79.9. The van der Waals surface area contributed by atoms with Gasteiger partial charge in [0.2, 0.25) is 0 Å². The van der Waals surface area contributed by atoms with Gasteiger partial charge in [-0.2, -0.15) is 0 Å². The van der Waals surface area contributed by atoms with Gasteiger partial charge in [0.1, 0.15) is 4.60 Å². The number of nitrogen functional groups attached to an aromatic ring is 1. The van der Waals surface area contributed by atoms with Crippen molar-refractivity contribution in [3.05, 3.63) is 22.7 Å². The summed E-state index contributed by atoms with van der Waals surface area (Å²) in [5, 5.41) is 0. The van der Waals surface area contributed by atoms with Crippen LogP contribution in [0.25, 0.3) is 0 Å². The average molecular weight is 206 g/mol. The highest BCUT2D eigenvalue weighted by molar-refractivity contribution is 9.10. The SMILES string of the molecule is NNc1ccnc(Br)c1F. The maximum Gasteiger partial charge on any atom is 0.180 e. The molecule has 0 fully saturated rings. The molecule has 0 unspecified atom stereocenters. The van der Waals surface area contributed by atoms with E-state index in [1.807, 2.05) is 0 Å². The van der Waals surface area contributed by atoms with E-state index in [2.05, 4.69) is 26.3 Å². The molecule has 0 saturated heterocycles. The molecule has 0 saturated carbocycles. The summed E-state index contributed by atoms with van der Waals surface area (Å²) < 4.78 is 12.9. The van der Waals surface area contributed by atoms with Crippen molar-refractivity contribution in [3.8, 4) is 0 Å². The van der Waals surface area contributed by atoms with E-state index in [1.54, 1.807) is 0 Å². The molecule has 3 nitrogen and oxygen atoms in total. The van der Waals surface area contributed by atoms with Crippen LogP contribution in [0.15, 0.2) is 16.9 Å². The summed E-state index contributed by atoms with van der Waals surface area (Å²) in [6, 6.07) is 1.44. The fraction of sp³-hybridized carbons (Fsp3) is 0. The molecule has 10 heavy (non-hydrogen) atoms. The van der Waals surface area contributed by atoms with Gasteiger partial charge in [0.25, 0.3) is 0 Å². The molecular formula is C5H5BrFN3. The van der Waals surface area contributed by atoms with Crippen molar-refractivity contribution in [2.45, 2.75) is 0 Å². The number of nitrogens with two attached hydrogens (primary N) is 1. The van der Waals surface area contributed by atoms with Gasteiger partial charge < -0.3 is 5.43 Å². The van der Waals surface area contributed by atoms with Crippen LogP contribution < -0.4 is 11.3 Å². The Labute approximate surface area is 65.5 Å². The highest BCUT2D eigenvalue weighted by Crippen LogP contribution is 2.18. The Bertz CT molecular complexity index is 240. The van der Waals surface area contributed by atoms with Gasteiger partial charge in [-0.05, 0) is 22.0 Å². The van der Waals surface area contributed by atoms with Gasteiger partial charge in [0.05, 0.1) is 5.69 Å². The van der Waals surface area contributed by atoms with E-state index in [4.69, 9.17) is 5.84 Å². The minimum absolute atomic E-state index is 0.156. The van der Waals surface area contributed by atoms with Crippen LogP contribution >= 0.6 is 15.9 Å². The molecule has 1 aromatic heterocycles. The standard InChI is InChI=1S/C5H5BrFN3/c6-5-4(7)3(10-8)1-2-9-5/h1-2H,8H2,(H,9,10). The number of nitrogens with zero attached hydrogens (tertiary/aromatic N) is 1. The zero-order valence-corrected chi connectivity index (χ0v) is 6.52. The molecule has 5 heteroatoms. The number of hydrogen-bond donors (Lipinski definition) is 2. The van der Waals surface area contributed by atoms with Crippen molar-refractivity contribution in [3.63, 3.8) is 0 Å². The summed E-state index contributed by atoms with van der Waals surface area (Å²) in [6.45, 7) is 0. The molecule has 0 aromatic carbocycles. The number of hydrazine groups is 1. The van der Waals surface area contributed by atoms with E-state index in [0.717, 1.165) is 0 Å². The first-order valence-electron chi connectivity index (χ1n) is 2.52. The Hall–Kier alpha value is -0.680. The number of anilines is 1. The third kappa shape index (κ3) is 1.25. The second-order valence-corrected chi connectivity index (χ2v) is 2.36.